The Bertz CT molecular complexity index is 863. The Kier molecular flexibility index (Phi) is 5.94. The van der Waals surface area contributed by atoms with Crippen LogP contribution in [0.15, 0.2) is 24.3 Å². The zero-order chi connectivity index (χ0) is 19.7. The highest BCUT2D eigenvalue weighted by Crippen LogP contribution is 2.26. The van der Waals surface area contributed by atoms with Crippen LogP contribution in [0, 0.1) is 13.8 Å². The summed E-state index contributed by atoms with van der Waals surface area (Å²) in [4.78, 5) is 28.2. The molecule has 144 valence electrons. The molecule has 1 fully saturated rings. The molecule has 1 saturated heterocycles. The van der Waals surface area contributed by atoms with Crippen molar-refractivity contribution in [3.63, 3.8) is 0 Å². The van der Waals surface area contributed by atoms with Crippen molar-refractivity contribution in [3.8, 4) is 5.69 Å². The van der Waals surface area contributed by atoms with Gasteiger partial charge in [-0.3, -0.25) is 14.5 Å². The average Bonchev–Trinajstić information content (AvgIpc) is 2.89. The smallest absolute Gasteiger partial charge is 0.219 e. The minimum Gasteiger partial charge on any atom is -0.340 e. The van der Waals surface area contributed by atoms with Gasteiger partial charge in [-0.05, 0) is 38.1 Å². The minimum absolute atomic E-state index is 0.0822. The molecule has 1 aliphatic heterocycles. The van der Waals surface area contributed by atoms with Crippen LogP contribution >= 0.6 is 23.2 Å². The van der Waals surface area contributed by atoms with Crippen LogP contribution in [0.4, 0.5) is 0 Å². The van der Waals surface area contributed by atoms with E-state index in [4.69, 9.17) is 23.2 Å². The Balaban J connectivity index is 1.78. The van der Waals surface area contributed by atoms with E-state index < -0.39 is 0 Å². The van der Waals surface area contributed by atoms with Gasteiger partial charge in [0.15, 0.2) is 5.78 Å². The number of hydrogen-bond acceptors (Lipinski definition) is 3. The van der Waals surface area contributed by atoms with E-state index in [2.05, 4.69) is 4.90 Å². The van der Waals surface area contributed by atoms with Gasteiger partial charge < -0.3 is 9.47 Å². The average molecular weight is 408 g/mol. The summed E-state index contributed by atoms with van der Waals surface area (Å²) in [7, 11) is 0. The van der Waals surface area contributed by atoms with Gasteiger partial charge in [0, 0.05) is 65.8 Å². The Morgan fingerprint density at radius 2 is 1.56 bits per heavy atom. The van der Waals surface area contributed by atoms with Gasteiger partial charge in [0.1, 0.15) is 0 Å². The van der Waals surface area contributed by atoms with E-state index in [0.717, 1.165) is 17.1 Å². The highest BCUT2D eigenvalue weighted by Gasteiger charge is 2.23. The van der Waals surface area contributed by atoms with Crippen LogP contribution in [-0.4, -0.2) is 58.8 Å². The van der Waals surface area contributed by atoms with Crippen molar-refractivity contribution in [1.29, 1.82) is 0 Å². The molecule has 0 N–H and O–H groups in total. The number of aryl methyl sites for hydroxylation is 1. The summed E-state index contributed by atoms with van der Waals surface area (Å²) >= 11 is 12.3. The number of carbonyl (C=O) groups is 2. The molecule has 0 radical (unpaired) electrons. The number of piperazine rings is 1. The van der Waals surface area contributed by atoms with Gasteiger partial charge in [-0.2, -0.15) is 0 Å². The molecule has 2 heterocycles. The number of hydrogen-bond donors (Lipinski definition) is 0. The second kappa shape index (κ2) is 8.05. The molecule has 3 rings (SSSR count). The summed E-state index contributed by atoms with van der Waals surface area (Å²) in [6.07, 6.45) is 0. The molecule has 2 aromatic rings. The van der Waals surface area contributed by atoms with Crippen molar-refractivity contribution in [2.24, 2.45) is 0 Å². The number of benzene rings is 1. The summed E-state index contributed by atoms with van der Waals surface area (Å²) in [5.74, 6) is 0.170. The lowest BCUT2D eigenvalue weighted by Gasteiger charge is -2.33. The fraction of sp³-hybridized carbons (Fsp3) is 0.400. The molecule has 0 spiro atoms. The van der Waals surface area contributed by atoms with E-state index in [1.54, 1.807) is 13.0 Å². The lowest BCUT2D eigenvalue weighted by atomic mass is 10.1. The van der Waals surface area contributed by atoms with Gasteiger partial charge in [0.2, 0.25) is 5.91 Å². The molecule has 1 aliphatic rings. The van der Waals surface area contributed by atoms with Gasteiger partial charge >= 0.3 is 0 Å². The normalized spacial score (nSPS) is 15.2. The molecule has 5 nitrogen and oxygen atoms in total. The molecular formula is C20H23Cl2N3O2. The molecule has 27 heavy (non-hydrogen) atoms. The largest absolute Gasteiger partial charge is 0.340 e. The van der Waals surface area contributed by atoms with Crippen molar-refractivity contribution in [2.45, 2.75) is 20.8 Å². The van der Waals surface area contributed by atoms with Crippen LogP contribution < -0.4 is 0 Å². The van der Waals surface area contributed by atoms with Gasteiger partial charge in [0.25, 0.3) is 0 Å². The van der Waals surface area contributed by atoms with Gasteiger partial charge in [-0.15, -0.1) is 0 Å². The lowest BCUT2D eigenvalue weighted by molar-refractivity contribution is -0.130. The second-order valence-electron chi connectivity index (χ2n) is 6.95. The highest BCUT2D eigenvalue weighted by atomic mass is 35.5. The Morgan fingerprint density at radius 1 is 0.963 bits per heavy atom. The number of amides is 1. The van der Waals surface area contributed by atoms with Crippen LogP contribution in [0.25, 0.3) is 5.69 Å². The van der Waals surface area contributed by atoms with Crippen molar-refractivity contribution in [1.82, 2.24) is 14.4 Å². The summed E-state index contributed by atoms with van der Waals surface area (Å²) in [5, 5.41) is 1.11. The quantitative estimate of drug-likeness (QED) is 0.724. The molecule has 1 aromatic carbocycles. The molecule has 0 aliphatic carbocycles. The van der Waals surface area contributed by atoms with E-state index >= 15 is 0 Å². The third-order valence-electron chi connectivity index (χ3n) is 5.02. The van der Waals surface area contributed by atoms with Gasteiger partial charge in [-0.1, -0.05) is 23.2 Å². The second-order valence-corrected chi connectivity index (χ2v) is 7.83. The Morgan fingerprint density at radius 3 is 2.11 bits per heavy atom. The standard InChI is InChI=1S/C20H23Cl2N3O2/c1-13-8-19(14(2)25(13)18-10-16(21)9-17(22)11-18)20(27)12-23-4-6-24(7-5-23)15(3)26/h8-11H,4-7,12H2,1-3H3. The first-order chi connectivity index (χ1) is 12.8. The topological polar surface area (TPSA) is 45.6 Å². The first-order valence-corrected chi connectivity index (χ1v) is 9.68. The van der Waals surface area contributed by atoms with Crippen molar-refractivity contribution < 1.29 is 9.59 Å². The van der Waals surface area contributed by atoms with E-state index in [0.29, 0.717) is 48.3 Å². The molecule has 0 saturated carbocycles. The SMILES string of the molecule is CC(=O)N1CCN(CC(=O)c2cc(C)n(-c3cc(Cl)cc(Cl)c3)c2C)CC1. The molecular weight excluding hydrogens is 385 g/mol. The van der Waals surface area contributed by atoms with Crippen LogP contribution in [0.1, 0.15) is 28.7 Å². The fourth-order valence-electron chi connectivity index (χ4n) is 3.62. The van der Waals surface area contributed by atoms with E-state index in [-0.39, 0.29) is 11.7 Å². The fourth-order valence-corrected chi connectivity index (χ4v) is 4.13. The first kappa shape index (κ1) is 19.9. The van der Waals surface area contributed by atoms with Gasteiger partial charge in [-0.25, -0.2) is 0 Å². The van der Waals surface area contributed by atoms with Crippen LogP contribution in [0.2, 0.25) is 10.0 Å². The number of Topliss-reactive ketones (excluding diaryl/α,β-unsaturated/α-hetero) is 1. The Labute approximate surface area is 169 Å². The van der Waals surface area contributed by atoms with Crippen LogP contribution in [0.3, 0.4) is 0 Å². The summed E-state index contributed by atoms with van der Waals surface area (Å²) in [6.45, 7) is 8.60. The maximum atomic E-state index is 12.9. The van der Waals surface area contributed by atoms with Crippen molar-refractivity contribution in [2.75, 3.05) is 32.7 Å². The molecule has 0 unspecified atom stereocenters. The molecule has 0 atom stereocenters. The molecule has 7 heteroatoms. The summed E-state index contributed by atoms with van der Waals surface area (Å²) < 4.78 is 2.00. The highest BCUT2D eigenvalue weighted by molar-refractivity contribution is 6.34. The molecule has 1 aromatic heterocycles. The lowest BCUT2D eigenvalue weighted by Crippen LogP contribution is -2.49. The Hall–Kier alpha value is -1.82. The van der Waals surface area contributed by atoms with E-state index in [1.807, 2.05) is 41.5 Å². The van der Waals surface area contributed by atoms with Crippen molar-refractivity contribution >= 4 is 34.9 Å². The number of halogens is 2. The monoisotopic (exact) mass is 407 g/mol. The number of rotatable bonds is 4. The number of ketones is 1. The van der Waals surface area contributed by atoms with Gasteiger partial charge in [0.05, 0.1) is 6.54 Å². The van der Waals surface area contributed by atoms with Crippen molar-refractivity contribution in [3.05, 3.63) is 51.3 Å². The predicted octanol–water partition coefficient (Wildman–Crippen LogP) is 3.75. The first-order valence-electron chi connectivity index (χ1n) is 8.92. The zero-order valence-corrected chi connectivity index (χ0v) is 17.3. The maximum Gasteiger partial charge on any atom is 0.219 e. The summed E-state index contributed by atoms with van der Waals surface area (Å²) in [6, 6.07) is 7.27. The maximum absolute atomic E-state index is 12.9. The predicted molar refractivity (Wildman–Crippen MR) is 108 cm³/mol. The van der Waals surface area contributed by atoms with Crippen LogP contribution in [-0.2, 0) is 4.79 Å². The number of aromatic nitrogens is 1. The third kappa shape index (κ3) is 4.37. The number of carbonyl (C=O) groups excluding carboxylic acids is 2. The molecule has 0 bridgehead atoms. The zero-order valence-electron chi connectivity index (χ0n) is 15.8. The van der Waals surface area contributed by atoms with E-state index in [1.165, 1.54) is 0 Å². The third-order valence-corrected chi connectivity index (χ3v) is 5.46. The molecule has 1 amide bonds. The number of nitrogens with zero attached hydrogens (tertiary/aromatic N) is 3. The van der Waals surface area contributed by atoms with E-state index in [9.17, 15) is 9.59 Å². The minimum atomic E-state index is 0.0822. The van der Waals surface area contributed by atoms with Crippen LogP contribution in [0.5, 0.6) is 0 Å². The summed E-state index contributed by atoms with van der Waals surface area (Å²) in [5.41, 5.74) is 3.38.